The number of piperazine rings is 1. The van der Waals surface area contributed by atoms with Crippen molar-refractivity contribution < 1.29 is 14.7 Å². The first-order chi connectivity index (χ1) is 13.1. The molecule has 0 radical (unpaired) electrons. The lowest BCUT2D eigenvalue weighted by molar-refractivity contribution is -0.132. The first-order valence-electron chi connectivity index (χ1n) is 8.84. The summed E-state index contributed by atoms with van der Waals surface area (Å²) in [5.41, 5.74) is 2.86. The minimum atomic E-state index is -1.01. The number of hydrogen-bond acceptors (Lipinski definition) is 4. The van der Waals surface area contributed by atoms with Gasteiger partial charge in [0.2, 0.25) is 5.91 Å². The van der Waals surface area contributed by atoms with Gasteiger partial charge in [0.15, 0.2) is 0 Å². The number of amides is 1. The van der Waals surface area contributed by atoms with E-state index in [1.165, 1.54) is 0 Å². The zero-order chi connectivity index (χ0) is 18.8. The highest BCUT2D eigenvalue weighted by atomic mass is 16.4. The average molecular weight is 361 g/mol. The van der Waals surface area contributed by atoms with Crippen LogP contribution in [-0.2, 0) is 11.3 Å². The van der Waals surface area contributed by atoms with Crippen LogP contribution in [0.15, 0.2) is 54.6 Å². The first kappa shape index (κ1) is 17.2. The molecule has 0 spiro atoms. The molecule has 2 aromatic carbocycles. The van der Waals surface area contributed by atoms with Gasteiger partial charge < -0.3 is 15.3 Å². The summed E-state index contributed by atoms with van der Waals surface area (Å²) in [7, 11) is 0. The summed E-state index contributed by atoms with van der Waals surface area (Å²) in [5.74, 6) is -1.05. The number of pyridine rings is 1. The van der Waals surface area contributed by atoms with Gasteiger partial charge in [0.25, 0.3) is 0 Å². The molecule has 1 fully saturated rings. The van der Waals surface area contributed by atoms with Gasteiger partial charge in [-0.2, -0.15) is 0 Å². The summed E-state index contributed by atoms with van der Waals surface area (Å²) in [4.78, 5) is 30.9. The van der Waals surface area contributed by atoms with Crippen molar-refractivity contribution in [2.75, 3.05) is 19.6 Å². The quantitative estimate of drug-likeness (QED) is 0.746. The third-order valence-electron chi connectivity index (χ3n) is 4.79. The topological polar surface area (TPSA) is 82.5 Å². The molecule has 0 atom stereocenters. The van der Waals surface area contributed by atoms with Gasteiger partial charge in [-0.05, 0) is 6.07 Å². The van der Waals surface area contributed by atoms with Crippen molar-refractivity contribution in [2.45, 2.75) is 6.54 Å². The third-order valence-corrected chi connectivity index (χ3v) is 4.79. The molecule has 6 nitrogen and oxygen atoms in total. The van der Waals surface area contributed by atoms with Gasteiger partial charge in [-0.25, -0.2) is 9.78 Å². The number of carbonyl (C=O) groups is 2. The van der Waals surface area contributed by atoms with E-state index < -0.39 is 5.97 Å². The molecule has 1 amide bonds. The van der Waals surface area contributed by atoms with Crippen LogP contribution in [0.25, 0.3) is 22.2 Å². The number of aromatic carboxylic acids is 1. The Balaban J connectivity index is 1.96. The minimum absolute atomic E-state index is 0.0373. The number of carbonyl (C=O) groups excluding carboxylic acids is 1. The molecular formula is C21H19N3O3. The van der Waals surface area contributed by atoms with E-state index in [1.54, 1.807) is 17.0 Å². The summed E-state index contributed by atoms with van der Waals surface area (Å²) in [6.07, 6.45) is 0. The Hall–Kier alpha value is -3.25. The number of nitrogens with zero attached hydrogens (tertiary/aromatic N) is 2. The van der Waals surface area contributed by atoms with Crippen molar-refractivity contribution in [1.82, 2.24) is 15.2 Å². The summed E-state index contributed by atoms with van der Waals surface area (Å²) >= 11 is 0. The van der Waals surface area contributed by atoms with Crippen LogP contribution < -0.4 is 5.32 Å². The Morgan fingerprint density at radius 3 is 2.59 bits per heavy atom. The normalized spacial score (nSPS) is 14.5. The number of para-hydroxylation sites is 1. The average Bonchev–Trinajstić information content (AvgIpc) is 2.69. The lowest BCUT2D eigenvalue weighted by atomic mass is 9.96. The Morgan fingerprint density at radius 2 is 1.85 bits per heavy atom. The van der Waals surface area contributed by atoms with Crippen molar-refractivity contribution in [2.24, 2.45) is 0 Å². The highest BCUT2D eigenvalue weighted by Crippen LogP contribution is 2.31. The van der Waals surface area contributed by atoms with Crippen LogP contribution in [0.3, 0.4) is 0 Å². The van der Waals surface area contributed by atoms with Crippen molar-refractivity contribution in [3.63, 3.8) is 0 Å². The Kier molecular flexibility index (Phi) is 4.56. The summed E-state index contributed by atoms with van der Waals surface area (Å²) in [5, 5.41) is 13.6. The van der Waals surface area contributed by atoms with E-state index in [9.17, 15) is 14.7 Å². The van der Waals surface area contributed by atoms with Gasteiger partial charge >= 0.3 is 5.97 Å². The predicted octanol–water partition coefficient (Wildman–Crippen LogP) is 2.53. The van der Waals surface area contributed by atoms with E-state index in [1.807, 2.05) is 42.5 Å². The lowest BCUT2D eigenvalue weighted by Crippen LogP contribution is -2.47. The number of hydrogen-bond donors (Lipinski definition) is 2. The number of benzene rings is 2. The summed E-state index contributed by atoms with van der Waals surface area (Å²) in [6, 6.07) is 16.7. The molecule has 0 saturated carbocycles. The van der Waals surface area contributed by atoms with Crippen molar-refractivity contribution in [3.05, 3.63) is 65.7 Å². The van der Waals surface area contributed by atoms with Crippen LogP contribution in [0, 0.1) is 0 Å². The van der Waals surface area contributed by atoms with Crippen LogP contribution in [0.5, 0.6) is 0 Å². The standard InChI is InChI=1S/C21H19N3O3/c25-18-12-22-10-11-24(18)13-16-19(21(26)27)15-8-4-5-9-17(15)23-20(16)14-6-2-1-3-7-14/h1-9,22H,10-13H2,(H,26,27). The van der Waals surface area contributed by atoms with Crippen LogP contribution in [0.4, 0.5) is 0 Å². The Labute approximate surface area is 156 Å². The molecule has 1 saturated heterocycles. The van der Waals surface area contributed by atoms with E-state index in [-0.39, 0.29) is 24.6 Å². The van der Waals surface area contributed by atoms with Gasteiger partial charge in [0, 0.05) is 36.1 Å². The van der Waals surface area contributed by atoms with Crippen molar-refractivity contribution >= 4 is 22.8 Å². The van der Waals surface area contributed by atoms with Gasteiger partial charge in [-0.15, -0.1) is 0 Å². The molecule has 1 aromatic heterocycles. The summed E-state index contributed by atoms with van der Waals surface area (Å²) < 4.78 is 0. The number of carboxylic acids is 1. The monoisotopic (exact) mass is 361 g/mol. The molecule has 3 aromatic rings. The second kappa shape index (κ2) is 7.17. The second-order valence-corrected chi connectivity index (χ2v) is 6.49. The van der Waals surface area contributed by atoms with Crippen LogP contribution >= 0.6 is 0 Å². The van der Waals surface area contributed by atoms with Crippen LogP contribution in [0.2, 0.25) is 0 Å². The van der Waals surface area contributed by atoms with Crippen molar-refractivity contribution in [1.29, 1.82) is 0 Å². The zero-order valence-electron chi connectivity index (χ0n) is 14.7. The van der Waals surface area contributed by atoms with Gasteiger partial charge in [0.05, 0.1) is 23.3 Å². The van der Waals surface area contributed by atoms with Crippen molar-refractivity contribution in [3.8, 4) is 11.3 Å². The van der Waals surface area contributed by atoms with E-state index >= 15 is 0 Å². The largest absolute Gasteiger partial charge is 0.478 e. The Morgan fingerprint density at radius 1 is 1.11 bits per heavy atom. The molecule has 136 valence electrons. The van der Waals surface area contributed by atoms with Gasteiger partial charge in [0.1, 0.15) is 0 Å². The smallest absolute Gasteiger partial charge is 0.336 e. The molecule has 0 bridgehead atoms. The molecular weight excluding hydrogens is 342 g/mol. The molecule has 4 rings (SSSR count). The highest BCUT2D eigenvalue weighted by molar-refractivity contribution is 6.05. The molecule has 1 aliphatic rings. The molecule has 6 heteroatoms. The van der Waals surface area contributed by atoms with Gasteiger partial charge in [-0.1, -0.05) is 48.5 Å². The maximum Gasteiger partial charge on any atom is 0.336 e. The molecule has 2 heterocycles. The van der Waals surface area contributed by atoms with E-state index in [0.29, 0.717) is 35.2 Å². The molecule has 0 unspecified atom stereocenters. The van der Waals surface area contributed by atoms with Crippen LogP contribution in [0.1, 0.15) is 15.9 Å². The van der Waals surface area contributed by atoms with Crippen LogP contribution in [-0.4, -0.2) is 46.5 Å². The zero-order valence-corrected chi connectivity index (χ0v) is 14.7. The second-order valence-electron chi connectivity index (χ2n) is 6.49. The number of carboxylic acid groups (broad SMARTS) is 1. The van der Waals surface area contributed by atoms with E-state index in [0.717, 1.165) is 5.56 Å². The SMILES string of the molecule is O=C(O)c1c(CN2CCNCC2=O)c(-c2ccccc2)nc2ccccc12. The van der Waals surface area contributed by atoms with Gasteiger partial charge in [-0.3, -0.25) is 4.79 Å². The molecule has 0 aliphatic carbocycles. The minimum Gasteiger partial charge on any atom is -0.478 e. The summed E-state index contributed by atoms with van der Waals surface area (Å²) in [6.45, 7) is 1.73. The molecule has 27 heavy (non-hydrogen) atoms. The number of aromatic nitrogens is 1. The fourth-order valence-corrected chi connectivity index (χ4v) is 3.49. The Bertz CT molecular complexity index is 1020. The predicted molar refractivity (Wildman–Crippen MR) is 102 cm³/mol. The first-order valence-corrected chi connectivity index (χ1v) is 8.84. The maximum atomic E-state index is 12.3. The number of fused-ring (bicyclic) bond motifs is 1. The fourth-order valence-electron chi connectivity index (χ4n) is 3.49. The maximum absolute atomic E-state index is 12.3. The molecule has 2 N–H and O–H groups in total. The third kappa shape index (κ3) is 3.27. The number of rotatable bonds is 4. The highest BCUT2D eigenvalue weighted by Gasteiger charge is 2.25. The lowest BCUT2D eigenvalue weighted by Gasteiger charge is -2.29. The van der Waals surface area contributed by atoms with E-state index in [2.05, 4.69) is 5.32 Å². The molecule has 1 aliphatic heterocycles. The number of nitrogens with one attached hydrogen (secondary N) is 1. The van der Waals surface area contributed by atoms with E-state index in [4.69, 9.17) is 4.98 Å². The fraction of sp³-hybridized carbons (Fsp3) is 0.190.